The molecule has 0 atom stereocenters. The third-order valence-corrected chi connectivity index (χ3v) is 3.09. The number of rotatable bonds is 1. The van der Waals surface area contributed by atoms with E-state index in [4.69, 9.17) is 0 Å². The number of hydrogen-bond acceptors (Lipinski definition) is 0. The average Bonchev–Trinajstić information content (AvgIpc) is 2.36. The van der Waals surface area contributed by atoms with Crippen molar-refractivity contribution in [3.63, 3.8) is 0 Å². The van der Waals surface area contributed by atoms with Crippen LogP contribution < -0.4 is 0 Å². The highest BCUT2D eigenvalue weighted by Gasteiger charge is 2.29. The molecular weight excluding hydrogens is 120 g/mol. The fourth-order valence-electron chi connectivity index (χ4n) is 1.90. The first kappa shape index (κ1) is 7.84. The highest BCUT2D eigenvalue weighted by atomic mass is 14.3. The van der Waals surface area contributed by atoms with Crippen molar-refractivity contribution in [1.29, 1.82) is 0 Å². The Hall–Kier alpha value is -0.260. The molecule has 10 heavy (non-hydrogen) atoms. The molecule has 0 amide bonds. The van der Waals surface area contributed by atoms with Gasteiger partial charge >= 0.3 is 0 Å². The maximum atomic E-state index is 2.40. The van der Waals surface area contributed by atoms with Gasteiger partial charge in [-0.25, -0.2) is 0 Å². The summed E-state index contributed by atoms with van der Waals surface area (Å²) in [6.45, 7) is 6.82. The van der Waals surface area contributed by atoms with Crippen LogP contribution in [-0.2, 0) is 0 Å². The van der Waals surface area contributed by atoms with Gasteiger partial charge in [0.05, 0.1) is 0 Å². The van der Waals surface area contributed by atoms with Gasteiger partial charge in [-0.3, -0.25) is 0 Å². The molecule has 0 aromatic heterocycles. The normalized spacial score (nSPS) is 25.3. The lowest BCUT2D eigenvalue weighted by Crippen LogP contribution is -2.11. The van der Waals surface area contributed by atoms with Crippen LogP contribution in [0.5, 0.6) is 0 Å². The third-order valence-electron chi connectivity index (χ3n) is 3.09. The van der Waals surface area contributed by atoms with E-state index >= 15 is 0 Å². The second kappa shape index (κ2) is 2.77. The molecule has 0 spiro atoms. The summed E-state index contributed by atoms with van der Waals surface area (Å²) in [5, 5.41) is 0. The molecule has 1 aliphatic rings. The summed E-state index contributed by atoms with van der Waals surface area (Å²) < 4.78 is 0. The molecule has 1 rings (SSSR count). The zero-order chi connectivity index (χ0) is 7.61. The third kappa shape index (κ3) is 1.25. The van der Waals surface area contributed by atoms with Crippen molar-refractivity contribution in [2.75, 3.05) is 0 Å². The smallest absolute Gasteiger partial charge is 0.0119 e. The summed E-state index contributed by atoms with van der Waals surface area (Å²) in [6.07, 6.45) is 7.95. The van der Waals surface area contributed by atoms with E-state index in [1.807, 2.05) is 0 Å². The van der Waals surface area contributed by atoms with Crippen LogP contribution in [-0.4, -0.2) is 0 Å². The van der Waals surface area contributed by atoms with Crippen LogP contribution in [0.4, 0.5) is 0 Å². The fraction of sp³-hybridized carbons (Fsp3) is 0.800. The molecule has 0 aromatic carbocycles. The monoisotopic (exact) mass is 138 g/mol. The molecule has 1 aliphatic carbocycles. The standard InChI is InChI=1S/C10H18/c1-4-9(2)10(3)7-5-6-8-10/h4H,5-8H2,1-3H3/b9-4+. The minimum Gasteiger partial charge on any atom is -0.0882 e. The van der Waals surface area contributed by atoms with Gasteiger partial charge in [-0.05, 0) is 32.1 Å². The Kier molecular flexibility index (Phi) is 2.18. The molecule has 0 N–H and O–H groups in total. The summed E-state index contributed by atoms with van der Waals surface area (Å²) in [5.74, 6) is 0. The molecule has 0 aliphatic heterocycles. The van der Waals surface area contributed by atoms with E-state index in [1.165, 1.54) is 25.7 Å². The van der Waals surface area contributed by atoms with E-state index in [0.29, 0.717) is 5.41 Å². The van der Waals surface area contributed by atoms with Gasteiger partial charge in [-0.15, -0.1) is 0 Å². The minimum atomic E-state index is 0.564. The lowest BCUT2D eigenvalue weighted by Gasteiger charge is -2.24. The van der Waals surface area contributed by atoms with Crippen LogP contribution >= 0.6 is 0 Å². The van der Waals surface area contributed by atoms with Gasteiger partial charge < -0.3 is 0 Å². The zero-order valence-corrected chi connectivity index (χ0v) is 7.41. The Morgan fingerprint density at radius 2 is 1.80 bits per heavy atom. The SMILES string of the molecule is C/C=C(\C)C1(C)CCCC1. The van der Waals surface area contributed by atoms with Crippen LogP contribution in [0, 0.1) is 5.41 Å². The lowest BCUT2D eigenvalue weighted by atomic mass is 9.81. The molecule has 0 bridgehead atoms. The first-order chi connectivity index (χ1) is 4.69. The Morgan fingerprint density at radius 3 is 2.20 bits per heavy atom. The van der Waals surface area contributed by atoms with Crippen LogP contribution in [0.15, 0.2) is 11.6 Å². The topological polar surface area (TPSA) is 0 Å². The van der Waals surface area contributed by atoms with E-state index < -0.39 is 0 Å². The molecular formula is C10H18. The van der Waals surface area contributed by atoms with E-state index in [1.54, 1.807) is 5.57 Å². The quantitative estimate of drug-likeness (QED) is 0.486. The van der Waals surface area contributed by atoms with Crippen LogP contribution in [0.1, 0.15) is 46.5 Å². The van der Waals surface area contributed by atoms with Crippen molar-refractivity contribution in [2.45, 2.75) is 46.5 Å². The van der Waals surface area contributed by atoms with Crippen LogP contribution in [0.25, 0.3) is 0 Å². The van der Waals surface area contributed by atoms with Gasteiger partial charge in [-0.1, -0.05) is 31.4 Å². The molecule has 0 heteroatoms. The molecule has 0 radical (unpaired) electrons. The van der Waals surface area contributed by atoms with E-state index in [9.17, 15) is 0 Å². The average molecular weight is 138 g/mol. The second-order valence-electron chi connectivity index (χ2n) is 3.74. The summed E-state index contributed by atoms with van der Waals surface area (Å²) in [5.41, 5.74) is 2.15. The second-order valence-corrected chi connectivity index (χ2v) is 3.74. The van der Waals surface area contributed by atoms with Crippen molar-refractivity contribution >= 4 is 0 Å². The van der Waals surface area contributed by atoms with Gasteiger partial charge in [0.25, 0.3) is 0 Å². The molecule has 0 heterocycles. The summed E-state index contributed by atoms with van der Waals surface area (Å²) in [7, 11) is 0. The van der Waals surface area contributed by atoms with Gasteiger partial charge in [0.2, 0.25) is 0 Å². The van der Waals surface area contributed by atoms with Crippen molar-refractivity contribution in [3.05, 3.63) is 11.6 Å². The van der Waals surface area contributed by atoms with Gasteiger partial charge in [0.1, 0.15) is 0 Å². The molecule has 0 aromatic rings. The Labute approximate surface area is 64.3 Å². The van der Waals surface area contributed by atoms with Crippen molar-refractivity contribution in [2.24, 2.45) is 5.41 Å². The highest BCUT2D eigenvalue weighted by molar-refractivity contribution is 5.11. The van der Waals surface area contributed by atoms with Gasteiger partial charge in [0, 0.05) is 0 Å². The maximum absolute atomic E-state index is 2.40. The first-order valence-electron chi connectivity index (χ1n) is 4.32. The van der Waals surface area contributed by atoms with Crippen molar-refractivity contribution in [1.82, 2.24) is 0 Å². The molecule has 58 valence electrons. The van der Waals surface area contributed by atoms with Crippen LogP contribution in [0.2, 0.25) is 0 Å². The summed E-state index contributed by atoms with van der Waals surface area (Å²) >= 11 is 0. The molecule has 1 fully saturated rings. The minimum absolute atomic E-state index is 0.564. The van der Waals surface area contributed by atoms with Crippen molar-refractivity contribution < 1.29 is 0 Å². The Bertz CT molecular complexity index is 136. The predicted molar refractivity (Wildman–Crippen MR) is 46.0 cm³/mol. The predicted octanol–water partition coefficient (Wildman–Crippen LogP) is 3.53. The number of allylic oxidation sites excluding steroid dienone is 2. The number of hydrogen-bond donors (Lipinski definition) is 0. The van der Waals surface area contributed by atoms with E-state index in [0.717, 1.165) is 0 Å². The van der Waals surface area contributed by atoms with E-state index in [2.05, 4.69) is 26.8 Å². The zero-order valence-electron chi connectivity index (χ0n) is 7.41. The van der Waals surface area contributed by atoms with E-state index in [-0.39, 0.29) is 0 Å². The molecule has 0 nitrogen and oxygen atoms in total. The highest BCUT2D eigenvalue weighted by Crippen LogP contribution is 2.43. The van der Waals surface area contributed by atoms with Gasteiger partial charge in [0.15, 0.2) is 0 Å². The molecule has 0 saturated heterocycles. The summed E-state index contributed by atoms with van der Waals surface area (Å²) in [6, 6.07) is 0. The molecule has 1 saturated carbocycles. The Balaban J connectivity index is 2.67. The fourth-order valence-corrected chi connectivity index (χ4v) is 1.90. The van der Waals surface area contributed by atoms with Crippen molar-refractivity contribution in [3.8, 4) is 0 Å². The lowest BCUT2D eigenvalue weighted by molar-refractivity contribution is 0.413. The first-order valence-corrected chi connectivity index (χ1v) is 4.32. The van der Waals surface area contributed by atoms with Gasteiger partial charge in [-0.2, -0.15) is 0 Å². The summed E-state index contributed by atoms with van der Waals surface area (Å²) in [4.78, 5) is 0. The maximum Gasteiger partial charge on any atom is -0.0119 e. The Morgan fingerprint density at radius 1 is 1.30 bits per heavy atom. The largest absolute Gasteiger partial charge is 0.0882 e. The molecule has 0 unspecified atom stereocenters. The van der Waals surface area contributed by atoms with Crippen LogP contribution in [0.3, 0.4) is 0 Å².